The average molecular weight is 281 g/mol. The van der Waals surface area contributed by atoms with E-state index >= 15 is 0 Å². The van der Waals surface area contributed by atoms with Gasteiger partial charge in [-0.2, -0.15) is 11.3 Å². The zero-order valence-corrected chi connectivity index (χ0v) is 12.5. The van der Waals surface area contributed by atoms with Crippen LogP contribution in [-0.4, -0.2) is 42.4 Å². The second-order valence-electron chi connectivity index (χ2n) is 5.09. The van der Waals surface area contributed by atoms with E-state index in [1.165, 1.54) is 5.56 Å². The fourth-order valence-corrected chi connectivity index (χ4v) is 2.63. The van der Waals surface area contributed by atoms with E-state index in [1.54, 1.807) is 11.3 Å². The molecule has 3 nitrogen and oxygen atoms in total. The molecule has 1 heterocycles. The fraction of sp³-hybridized carbons (Fsp3) is 0.600. The van der Waals surface area contributed by atoms with Crippen LogP contribution in [0.5, 0.6) is 0 Å². The first kappa shape index (κ1) is 16.2. The zero-order valence-electron chi connectivity index (χ0n) is 11.7. The lowest BCUT2D eigenvalue weighted by Crippen LogP contribution is -2.36. The van der Waals surface area contributed by atoms with Crippen LogP contribution in [-0.2, 0) is 11.3 Å². The number of nitrogens with zero attached hydrogens (tertiary/aromatic N) is 1. The Morgan fingerprint density at radius 2 is 2.26 bits per heavy atom. The van der Waals surface area contributed by atoms with Gasteiger partial charge in [0.15, 0.2) is 0 Å². The summed E-state index contributed by atoms with van der Waals surface area (Å²) in [4.78, 5) is 2.26. The highest BCUT2D eigenvalue weighted by atomic mass is 32.1. The number of thiophene rings is 1. The summed E-state index contributed by atoms with van der Waals surface area (Å²) in [6.07, 6.45) is 4.61. The highest BCUT2D eigenvalue weighted by molar-refractivity contribution is 7.07. The number of aliphatic hydroxyl groups is 1. The second kappa shape index (κ2) is 9.11. The first-order valence-electron chi connectivity index (χ1n) is 6.54. The monoisotopic (exact) mass is 281 g/mol. The van der Waals surface area contributed by atoms with Crippen molar-refractivity contribution in [1.29, 1.82) is 0 Å². The molecule has 0 aliphatic rings. The van der Waals surface area contributed by atoms with E-state index in [1.807, 2.05) is 0 Å². The quantitative estimate of drug-likeness (QED) is 0.556. The lowest BCUT2D eigenvalue weighted by Gasteiger charge is -2.26. The van der Waals surface area contributed by atoms with Crippen molar-refractivity contribution in [1.82, 2.24) is 4.90 Å². The third-order valence-electron chi connectivity index (χ3n) is 2.57. The number of ether oxygens (including phenoxy) is 1. The van der Waals surface area contributed by atoms with Crippen LogP contribution in [0.15, 0.2) is 16.8 Å². The van der Waals surface area contributed by atoms with Gasteiger partial charge in [0.05, 0.1) is 12.7 Å². The van der Waals surface area contributed by atoms with Gasteiger partial charge in [0.25, 0.3) is 0 Å². The molecule has 106 valence electrons. The minimum Gasteiger partial charge on any atom is -0.389 e. The molecule has 1 aromatic heterocycles. The molecular formula is C15H23NO2S. The number of terminal acetylenes is 1. The van der Waals surface area contributed by atoms with E-state index in [2.05, 4.69) is 41.5 Å². The molecule has 0 radical (unpaired) electrons. The van der Waals surface area contributed by atoms with E-state index in [0.717, 1.165) is 13.1 Å². The summed E-state index contributed by atoms with van der Waals surface area (Å²) in [6.45, 7) is 7.35. The van der Waals surface area contributed by atoms with Crippen LogP contribution in [0.25, 0.3) is 0 Å². The third kappa shape index (κ3) is 7.34. The van der Waals surface area contributed by atoms with Crippen molar-refractivity contribution in [3.8, 4) is 12.3 Å². The molecule has 0 unspecified atom stereocenters. The van der Waals surface area contributed by atoms with Crippen LogP contribution in [0.1, 0.15) is 19.4 Å². The summed E-state index contributed by atoms with van der Waals surface area (Å²) in [5.41, 5.74) is 1.29. The minimum absolute atomic E-state index is 0.256. The summed E-state index contributed by atoms with van der Waals surface area (Å²) in [6, 6.07) is 2.12. The van der Waals surface area contributed by atoms with Crippen LogP contribution in [0.4, 0.5) is 0 Å². The van der Waals surface area contributed by atoms with Crippen molar-refractivity contribution in [3.05, 3.63) is 22.4 Å². The molecule has 0 saturated heterocycles. The Hall–Kier alpha value is -0.860. The van der Waals surface area contributed by atoms with E-state index in [4.69, 9.17) is 11.2 Å². The van der Waals surface area contributed by atoms with E-state index in [-0.39, 0.29) is 6.61 Å². The maximum absolute atomic E-state index is 9.96. The lowest BCUT2D eigenvalue weighted by molar-refractivity contribution is 0.0238. The molecule has 4 heteroatoms. The third-order valence-corrected chi connectivity index (χ3v) is 3.31. The van der Waals surface area contributed by atoms with Crippen LogP contribution in [0.3, 0.4) is 0 Å². The summed E-state index contributed by atoms with van der Waals surface area (Å²) in [5.74, 6) is 2.97. The maximum atomic E-state index is 9.96. The van der Waals surface area contributed by atoms with Crippen LogP contribution >= 0.6 is 11.3 Å². The number of hydrogen-bond donors (Lipinski definition) is 1. The SMILES string of the molecule is C#CCOC[C@H](O)CN(Cc1ccsc1)CC(C)C. The summed E-state index contributed by atoms with van der Waals surface area (Å²) < 4.78 is 5.17. The fourth-order valence-electron chi connectivity index (χ4n) is 1.97. The zero-order chi connectivity index (χ0) is 14.1. The predicted molar refractivity (Wildman–Crippen MR) is 80.1 cm³/mol. The van der Waals surface area contributed by atoms with Gasteiger partial charge >= 0.3 is 0 Å². The molecule has 0 saturated carbocycles. The topological polar surface area (TPSA) is 32.7 Å². The van der Waals surface area contributed by atoms with Gasteiger partial charge in [0.2, 0.25) is 0 Å². The van der Waals surface area contributed by atoms with E-state index in [0.29, 0.717) is 19.1 Å². The van der Waals surface area contributed by atoms with E-state index < -0.39 is 6.10 Å². The van der Waals surface area contributed by atoms with Gasteiger partial charge in [0.1, 0.15) is 6.61 Å². The molecule has 0 amide bonds. The molecule has 0 bridgehead atoms. The Morgan fingerprint density at radius 3 is 2.84 bits per heavy atom. The molecule has 1 aromatic rings. The maximum Gasteiger partial charge on any atom is 0.107 e. The second-order valence-corrected chi connectivity index (χ2v) is 5.87. The van der Waals surface area contributed by atoms with Crippen molar-refractivity contribution >= 4 is 11.3 Å². The van der Waals surface area contributed by atoms with Crippen molar-refractivity contribution in [2.75, 3.05) is 26.3 Å². The first-order chi connectivity index (χ1) is 9.11. The Labute approximate surface area is 120 Å². The van der Waals surface area contributed by atoms with Crippen LogP contribution in [0, 0.1) is 18.3 Å². The molecule has 1 rings (SSSR count). The largest absolute Gasteiger partial charge is 0.389 e. The van der Waals surface area contributed by atoms with Crippen LogP contribution < -0.4 is 0 Å². The Kier molecular flexibility index (Phi) is 7.76. The molecule has 0 aliphatic carbocycles. The highest BCUT2D eigenvalue weighted by Gasteiger charge is 2.14. The molecule has 1 N–H and O–H groups in total. The molecule has 0 fully saturated rings. The van der Waals surface area contributed by atoms with Gasteiger partial charge in [-0.3, -0.25) is 4.90 Å². The van der Waals surface area contributed by atoms with Crippen molar-refractivity contribution in [2.24, 2.45) is 5.92 Å². The van der Waals surface area contributed by atoms with Gasteiger partial charge < -0.3 is 9.84 Å². The molecule has 0 aromatic carbocycles. The summed E-state index contributed by atoms with van der Waals surface area (Å²) in [7, 11) is 0. The van der Waals surface area contributed by atoms with Gasteiger partial charge in [0, 0.05) is 19.6 Å². The van der Waals surface area contributed by atoms with E-state index in [9.17, 15) is 5.11 Å². The first-order valence-corrected chi connectivity index (χ1v) is 7.48. The highest BCUT2D eigenvalue weighted by Crippen LogP contribution is 2.11. The molecule has 1 atom stereocenters. The lowest BCUT2D eigenvalue weighted by atomic mass is 10.2. The Bertz CT molecular complexity index is 370. The van der Waals surface area contributed by atoms with Crippen LogP contribution in [0.2, 0.25) is 0 Å². The number of hydrogen-bond acceptors (Lipinski definition) is 4. The normalized spacial score (nSPS) is 12.8. The molecule has 0 aliphatic heterocycles. The van der Waals surface area contributed by atoms with Crippen molar-refractivity contribution in [3.63, 3.8) is 0 Å². The number of aliphatic hydroxyl groups excluding tert-OH is 1. The molecular weight excluding hydrogens is 258 g/mol. The van der Waals surface area contributed by atoms with Gasteiger partial charge in [-0.1, -0.05) is 19.8 Å². The Morgan fingerprint density at radius 1 is 1.47 bits per heavy atom. The molecule has 19 heavy (non-hydrogen) atoms. The number of rotatable bonds is 9. The standard InChI is InChI=1S/C15H23NO2S/c1-4-6-18-11-15(17)10-16(8-13(2)3)9-14-5-7-19-12-14/h1,5,7,12-13,15,17H,6,8-11H2,2-3H3/t15-/m1/s1. The van der Waals surface area contributed by atoms with Crippen molar-refractivity contribution in [2.45, 2.75) is 26.5 Å². The Balaban J connectivity index is 2.42. The van der Waals surface area contributed by atoms with Crippen molar-refractivity contribution < 1.29 is 9.84 Å². The van der Waals surface area contributed by atoms with Gasteiger partial charge in [-0.15, -0.1) is 6.42 Å². The average Bonchev–Trinajstić information content (AvgIpc) is 2.81. The smallest absolute Gasteiger partial charge is 0.107 e. The predicted octanol–water partition coefficient (Wildman–Crippen LogP) is 2.22. The summed E-state index contributed by atoms with van der Waals surface area (Å²) in [5, 5.41) is 14.2. The summed E-state index contributed by atoms with van der Waals surface area (Å²) >= 11 is 1.70. The van der Waals surface area contributed by atoms with Gasteiger partial charge in [-0.05, 0) is 28.3 Å². The molecule has 0 spiro atoms. The minimum atomic E-state index is -0.495. The van der Waals surface area contributed by atoms with Gasteiger partial charge in [-0.25, -0.2) is 0 Å².